The average molecular weight is 353 g/mol. The predicted molar refractivity (Wildman–Crippen MR) is 112 cm³/mol. The second kappa shape index (κ2) is 7.58. The Balaban J connectivity index is 1.90. The number of rotatable bonds is 5. The van der Waals surface area contributed by atoms with Crippen molar-refractivity contribution in [3.05, 3.63) is 108 Å². The van der Waals surface area contributed by atoms with Gasteiger partial charge in [0.15, 0.2) is 5.66 Å². The van der Waals surface area contributed by atoms with Gasteiger partial charge in [0.05, 0.1) is 0 Å². The zero-order valence-corrected chi connectivity index (χ0v) is 15.5. The first-order valence-corrected chi connectivity index (χ1v) is 9.44. The third-order valence-corrected chi connectivity index (χ3v) is 4.76. The van der Waals surface area contributed by atoms with Gasteiger partial charge in [0.1, 0.15) is 11.7 Å². The number of hydrogen-bond donors (Lipinski definition) is 1. The minimum atomic E-state index is -0.613. The molecule has 1 aliphatic heterocycles. The van der Waals surface area contributed by atoms with Crippen molar-refractivity contribution in [1.29, 1.82) is 0 Å². The first-order valence-electron chi connectivity index (χ1n) is 9.44. The van der Waals surface area contributed by atoms with Crippen LogP contribution in [0.1, 0.15) is 36.5 Å². The quantitative estimate of drug-likeness (QED) is 0.678. The van der Waals surface area contributed by atoms with Crippen LogP contribution >= 0.6 is 0 Å². The Hall–Kier alpha value is -3.20. The summed E-state index contributed by atoms with van der Waals surface area (Å²) in [6.45, 7) is 2.18. The lowest BCUT2D eigenvalue weighted by Crippen LogP contribution is -2.41. The van der Waals surface area contributed by atoms with Crippen LogP contribution in [0.2, 0.25) is 0 Å². The molecule has 0 saturated carbocycles. The van der Waals surface area contributed by atoms with Gasteiger partial charge in [-0.3, -0.25) is 0 Å². The van der Waals surface area contributed by atoms with Crippen LogP contribution < -0.4 is 5.32 Å². The van der Waals surface area contributed by atoms with Crippen molar-refractivity contribution >= 4 is 11.7 Å². The van der Waals surface area contributed by atoms with E-state index in [4.69, 9.17) is 9.98 Å². The number of nitrogens with one attached hydrogen (secondary N) is 1. The summed E-state index contributed by atoms with van der Waals surface area (Å²) in [5.41, 5.74) is 2.64. The van der Waals surface area contributed by atoms with Gasteiger partial charge >= 0.3 is 0 Å². The Morgan fingerprint density at radius 2 is 1.11 bits per heavy atom. The Morgan fingerprint density at radius 3 is 1.56 bits per heavy atom. The molecule has 0 unspecified atom stereocenters. The SMILES string of the molecule is CCCC1(c2ccccc2)N=C(c2ccccc2)NC(c2ccccc2)=N1. The molecule has 0 radical (unpaired) electrons. The van der Waals surface area contributed by atoms with Crippen LogP contribution in [0.4, 0.5) is 0 Å². The van der Waals surface area contributed by atoms with Gasteiger partial charge in [0.25, 0.3) is 0 Å². The smallest absolute Gasteiger partial charge is 0.180 e. The molecular formula is C24H23N3. The second-order valence-corrected chi connectivity index (χ2v) is 6.71. The fraction of sp³-hybridized carbons (Fsp3) is 0.167. The van der Waals surface area contributed by atoms with Crippen LogP contribution in [-0.4, -0.2) is 11.7 Å². The van der Waals surface area contributed by atoms with Gasteiger partial charge in [-0.15, -0.1) is 0 Å². The first-order chi connectivity index (χ1) is 13.3. The van der Waals surface area contributed by atoms with Crippen molar-refractivity contribution in [3.8, 4) is 0 Å². The Bertz CT molecular complexity index is 889. The summed E-state index contributed by atoms with van der Waals surface area (Å²) >= 11 is 0. The molecule has 0 aromatic heterocycles. The molecule has 0 fully saturated rings. The van der Waals surface area contributed by atoms with Gasteiger partial charge in [-0.25, -0.2) is 9.98 Å². The number of amidine groups is 2. The monoisotopic (exact) mass is 353 g/mol. The zero-order chi connectivity index (χ0) is 18.5. The van der Waals surface area contributed by atoms with Gasteiger partial charge in [0, 0.05) is 16.7 Å². The van der Waals surface area contributed by atoms with Crippen LogP contribution in [0.5, 0.6) is 0 Å². The van der Waals surface area contributed by atoms with E-state index >= 15 is 0 Å². The lowest BCUT2D eigenvalue weighted by molar-refractivity contribution is 0.421. The maximum Gasteiger partial charge on any atom is 0.180 e. The number of hydrogen-bond acceptors (Lipinski definition) is 3. The van der Waals surface area contributed by atoms with Gasteiger partial charge < -0.3 is 5.32 Å². The summed E-state index contributed by atoms with van der Waals surface area (Å²) in [7, 11) is 0. The molecule has 27 heavy (non-hydrogen) atoms. The van der Waals surface area contributed by atoms with Crippen molar-refractivity contribution in [1.82, 2.24) is 5.32 Å². The molecule has 3 aromatic rings. The fourth-order valence-corrected chi connectivity index (χ4v) is 3.47. The Kier molecular flexibility index (Phi) is 4.84. The molecule has 1 N–H and O–H groups in total. The van der Waals surface area contributed by atoms with Crippen molar-refractivity contribution in [3.63, 3.8) is 0 Å². The van der Waals surface area contributed by atoms with Crippen molar-refractivity contribution < 1.29 is 0 Å². The van der Waals surface area contributed by atoms with Gasteiger partial charge in [-0.1, -0.05) is 104 Å². The third kappa shape index (κ3) is 3.54. The number of aliphatic imine (C=N–C) groups is 2. The van der Waals surface area contributed by atoms with Gasteiger partial charge in [-0.05, 0) is 6.42 Å². The molecule has 0 bridgehead atoms. The fourth-order valence-electron chi connectivity index (χ4n) is 3.47. The molecule has 1 heterocycles. The molecule has 3 nitrogen and oxygen atoms in total. The minimum Gasteiger partial charge on any atom is -0.324 e. The molecular weight excluding hydrogens is 330 g/mol. The van der Waals surface area contributed by atoms with Crippen LogP contribution in [-0.2, 0) is 5.66 Å². The Labute approximate surface area is 160 Å². The molecule has 1 aliphatic rings. The topological polar surface area (TPSA) is 36.8 Å². The normalized spacial score (nSPS) is 15.4. The summed E-state index contributed by atoms with van der Waals surface area (Å²) in [5.74, 6) is 1.73. The van der Waals surface area contributed by atoms with E-state index in [1.807, 2.05) is 42.5 Å². The number of nitrogens with zero attached hydrogens (tertiary/aromatic N) is 2. The highest BCUT2D eigenvalue weighted by atomic mass is 15.2. The van der Waals surface area contributed by atoms with Gasteiger partial charge in [0.2, 0.25) is 0 Å². The zero-order valence-electron chi connectivity index (χ0n) is 15.5. The van der Waals surface area contributed by atoms with Gasteiger partial charge in [-0.2, -0.15) is 0 Å². The summed E-state index contributed by atoms with van der Waals surface area (Å²) < 4.78 is 0. The maximum atomic E-state index is 5.14. The van der Waals surface area contributed by atoms with E-state index in [-0.39, 0.29) is 0 Å². The van der Waals surface area contributed by atoms with Crippen LogP contribution in [0, 0.1) is 0 Å². The highest BCUT2D eigenvalue weighted by Gasteiger charge is 2.35. The summed E-state index contributed by atoms with van der Waals surface area (Å²) in [6.07, 6.45) is 1.84. The molecule has 4 rings (SSSR count). The van der Waals surface area contributed by atoms with E-state index in [2.05, 4.69) is 60.8 Å². The molecule has 0 aliphatic carbocycles. The summed E-state index contributed by atoms with van der Waals surface area (Å²) in [5, 5.41) is 3.47. The highest BCUT2D eigenvalue weighted by molar-refractivity contribution is 6.16. The molecule has 134 valence electrons. The molecule has 0 atom stereocenters. The largest absolute Gasteiger partial charge is 0.324 e. The standard InChI is InChI=1S/C24H23N3/c1-2-18-24(21-16-10-5-11-17-21)26-22(19-12-6-3-7-13-19)25-23(27-24)20-14-8-4-9-15-20/h3-17H,2,18H2,1H3,(H,25,26,27). The predicted octanol–water partition coefficient (Wildman–Crippen LogP) is 5.14. The molecule has 0 saturated heterocycles. The van der Waals surface area contributed by atoms with Crippen LogP contribution in [0.15, 0.2) is 101 Å². The summed E-state index contributed by atoms with van der Waals surface area (Å²) in [4.78, 5) is 10.3. The van der Waals surface area contributed by atoms with E-state index in [9.17, 15) is 0 Å². The van der Waals surface area contributed by atoms with E-state index < -0.39 is 5.66 Å². The molecule has 3 heteroatoms. The highest BCUT2D eigenvalue weighted by Crippen LogP contribution is 2.35. The van der Waals surface area contributed by atoms with Crippen LogP contribution in [0.3, 0.4) is 0 Å². The van der Waals surface area contributed by atoms with Crippen molar-refractivity contribution in [2.45, 2.75) is 25.4 Å². The molecule has 3 aromatic carbocycles. The molecule has 0 spiro atoms. The van der Waals surface area contributed by atoms with E-state index in [0.29, 0.717) is 0 Å². The maximum absolute atomic E-state index is 5.14. The minimum absolute atomic E-state index is 0.613. The number of benzene rings is 3. The summed E-state index contributed by atoms with van der Waals surface area (Å²) in [6, 6.07) is 30.9. The van der Waals surface area contributed by atoms with E-state index in [0.717, 1.165) is 41.2 Å². The lowest BCUT2D eigenvalue weighted by atomic mass is 9.94. The first kappa shape index (κ1) is 17.2. The second-order valence-electron chi connectivity index (χ2n) is 6.71. The van der Waals surface area contributed by atoms with E-state index in [1.165, 1.54) is 0 Å². The lowest BCUT2D eigenvalue weighted by Gasteiger charge is -2.33. The Morgan fingerprint density at radius 1 is 0.667 bits per heavy atom. The average Bonchev–Trinajstić information content (AvgIpc) is 2.76. The van der Waals surface area contributed by atoms with Crippen molar-refractivity contribution in [2.75, 3.05) is 0 Å². The third-order valence-electron chi connectivity index (χ3n) is 4.76. The molecule has 0 amide bonds. The van der Waals surface area contributed by atoms with E-state index in [1.54, 1.807) is 0 Å². The van der Waals surface area contributed by atoms with Crippen LogP contribution in [0.25, 0.3) is 0 Å². The van der Waals surface area contributed by atoms with Crippen molar-refractivity contribution in [2.24, 2.45) is 9.98 Å².